The summed E-state index contributed by atoms with van der Waals surface area (Å²) in [4.78, 5) is 13.9. The fourth-order valence-corrected chi connectivity index (χ4v) is 6.97. The lowest BCUT2D eigenvalue weighted by molar-refractivity contribution is 0.0491. The molecule has 0 aliphatic carbocycles. The van der Waals surface area contributed by atoms with E-state index in [2.05, 4.69) is 33.9 Å². The Labute approximate surface area is 216 Å². The molecular weight excluding hydrogens is 498 g/mol. The Balaban J connectivity index is 1.66. The second kappa shape index (κ2) is 10.3. The maximum atomic E-state index is 13.4. The van der Waals surface area contributed by atoms with Gasteiger partial charge in [-0.1, -0.05) is 11.3 Å². The summed E-state index contributed by atoms with van der Waals surface area (Å²) in [6, 6.07) is 5.15. The molecule has 9 nitrogen and oxygen atoms in total. The molecule has 1 aromatic carbocycles. The number of thiazole rings is 1. The average Bonchev–Trinajstić information content (AvgIpc) is 3.20. The average molecular weight is 532 g/mol. The first-order valence-corrected chi connectivity index (χ1v) is 14.1. The van der Waals surface area contributed by atoms with Crippen molar-refractivity contribution in [2.24, 2.45) is 5.92 Å². The van der Waals surface area contributed by atoms with Gasteiger partial charge in [0.25, 0.3) is 10.0 Å². The molecule has 1 aliphatic heterocycles. The molecular formula is C25H33N5O4S2. The molecule has 0 radical (unpaired) electrons. The number of nitrogens with zero attached hydrogens (tertiary/aromatic N) is 3. The minimum atomic E-state index is -3.98. The van der Waals surface area contributed by atoms with Gasteiger partial charge < -0.3 is 14.8 Å². The number of rotatable bonds is 8. The Morgan fingerprint density at radius 2 is 1.75 bits per heavy atom. The summed E-state index contributed by atoms with van der Waals surface area (Å²) in [5.41, 5.74) is 2.89. The molecule has 0 atom stereocenters. The highest BCUT2D eigenvalue weighted by molar-refractivity contribution is 7.92. The van der Waals surface area contributed by atoms with Gasteiger partial charge in [0.05, 0.1) is 34.8 Å². The summed E-state index contributed by atoms with van der Waals surface area (Å²) >= 11 is 1.52. The first kappa shape index (κ1) is 26.3. The van der Waals surface area contributed by atoms with Crippen molar-refractivity contribution in [2.75, 3.05) is 30.4 Å². The molecule has 36 heavy (non-hydrogen) atoms. The zero-order chi connectivity index (χ0) is 26.1. The van der Waals surface area contributed by atoms with E-state index in [0.29, 0.717) is 23.0 Å². The molecule has 0 saturated carbocycles. The highest BCUT2D eigenvalue weighted by Crippen LogP contribution is 2.39. The molecule has 0 spiro atoms. The van der Waals surface area contributed by atoms with Crippen molar-refractivity contribution in [3.05, 3.63) is 41.6 Å². The Kier molecular flexibility index (Phi) is 7.53. The summed E-state index contributed by atoms with van der Waals surface area (Å²) in [7, 11) is -2.53. The van der Waals surface area contributed by atoms with E-state index in [0.717, 1.165) is 47.3 Å². The number of nitrogens with one attached hydrogen (secondary N) is 2. The second-order valence-corrected chi connectivity index (χ2v) is 12.2. The van der Waals surface area contributed by atoms with Crippen LogP contribution in [0.3, 0.4) is 0 Å². The minimum absolute atomic E-state index is 0.0370. The van der Waals surface area contributed by atoms with Gasteiger partial charge in [-0.2, -0.15) is 0 Å². The van der Waals surface area contributed by atoms with Gasteiger partial charge in [0.15, 0.2) is 5.13 Å². The van der Waals surface area contributed by atoms with E-state index >= 15 is 0 Å². The number of methoxy groups -OCH3 is 1. The molecule has 0 unspecified atom stereocenters. The number of ether oxygens (including phenoxy) is 2. The smallest absolute Gasteiger partial charge is 0.265 e. The van der Waals surface area contributed by atoms with Crippen LogP contribution in [0.1, 0.15) is 43.8 Å². The Morgan fingerprint density at radius 1 is 1.08 bits per heavy atom. The molecule has 1 aliphatic rings. The number of benzene rings is 1. The van der Waals surface area contributed by atoms with Gasteiger partial charge in [-0.15, -0.1) is 0 Å². The lowest BCUT2D eigenvalue weighted by Crippen LogP contribution is -2.42. The van der Waals surface area contributed by atoms with Crippen molar-refractivity contribution in [2.45, 2.75) is 57.9 Å². The standard InChI is InChI=1S/C25H33N5O4S2/c1-15-22(16(2)27-14-26-15)30-36(31,32)21-13-18(7-8-20(21)33-6)23-17(3)28-24(35-23)29-25(4,5)19-9-11-34-12-10-19/h7-8,13-14,19,30H,9-12H2,1-6H3,(H,28,29). The first-order valence-electron chi connectivity index (χ1n) is 11.8. The van der Waals surface area contributed by atoms with Crippen molar-refractivity contribution in [3.63, 3.8) is 0 Å². The summed E-state index contributed by atoms with van der Waals surface area (Å²) in [6.45, 7) is 11.4. The van der Waals surface area contributed by atoms with Gasteiger partial charge in [0.1, 0.15) is 17.0 Å². The monoisotopic (exact) mass is 531 g/mol. The molecule has 194 valence electrons. The van der Waals surface area contributed by atoms with Crippen LogP contribution in [-0.2, 0) is 14.8 Å². The van der Waals surface area contributed by atoms with Gasteiger partial charge in [-0.05, 0) is 77.1 Å². The van der Waals surface area contributed by atoms with Crippen LogP contribution in [0.15, 0.2) is 29.4 Å². The maximum absolute atomic E-state index is 13.4. The molecule has 0 bridgehead atoms. The molecule has 2 aromatic heterocycles. The van der Waals surface area contributed by atoms with E-state index in [9.17, 15) is 8.42 Å². The summed E-state index contributed by atoms with van der Waals surface area (Å²) < 4.78 is 40.5. The van der Waals surface area contributed by atoms with Crippen LogP contribution in [0.25, 0.3) is 10.4 Å². The number of hydrogen-bond donors (Lipinski definition) is 2. The largest absolute Gasteiger partial charge is 0.495 e. The minimum Gasteiger partial charge on any atom is -0.495 e. The van der Waals surface area contributed by atoms with E-state index in [4.69, 9.17) is 14.5 Å². The topological polar surface area (TPSA) is 115 Å². The van der Waals surface area contributed by atoms with E-state index < -0.39 is 10.0 Å². The molecule has 1 saturated heterocycles. The lowest BCUT2D eigenvalue weighted by Gasteiger charge is -2.37. The van der Waals surface area contributed by atoms with E-state index in [1.54, 1.807) is 26.0 Å². The summed E-state index contributed by atoms with van der Waals surface area (Å²) in [5, 5.41) is 4.42. The highest BCUT2D eigenvalue weighted by atomic mass is 32.2. The van der Waals surface area contributed by atoms with Crippen LogP contribution >= 0.6 is 11.3 Å². The lowest BCUT2D eigenvalue weighted by atomic mass is 9.82. The van der Waals surface area contributed by atoms with Gasteiger partial charge in [-0.25, -0.2) is 23.4 Å². The third-order valence-electron chi connectivity index (χ3n) is 6.65. The van der Waals surface area contributed by atoms with Crippen LogP contribution in [-0.4, -0.2) is 49.2 Å². The molecule has 0 amide bonds. The Bertz CT molecular complexity index is 1330. The molecule has 1 fully saturated rings. The summed E-state index contributed by atoms with van der Waals surface area (Å²) in [6.07, 6.45) is 3.43. The van der Waals surface area contributed by atoms with Gasteiger partial charge in [-0.3, -0.25) is 4.72 Å². The van der Waals surface area contributed by atoms with Crippen molar-refractivity contribution >= 4 is 32.2 Å². The van der Waals surface area contributed by atoms with Crippen LogP contribution in [0.2, 0.25) is 0 Å². The van der Waals surface area contributed by atoms with E-state index in [-0.39, 0.29) is 16.2 Å². The Hall–Kier alpha value is -2.76. The number of aryl methyl sites for hydroxylation is 3. The first-order chi connectivity index (χ1) is 17.0. The molecule has 4 rings (SSSR count). The van der Waals surface area contributed by atoms with Crippen LogP contribution in [0.5, 0.6) is 5.75 Å². The van der Waals surface area contributed by atoms with Gasteiger partial charge in [0.2, 0.25) is 0 Å². The van der Waals surface area contributed by atoms with Crippen molar-refractivity contribution in [3.8, 4) is 16.2 Å². The number of sulfonamides is 1. The Morgan fingerprint density at radius 3 is 2.39 bits per heavy atom. The maximum Gasteiger partial charge on any atom is 0.265 e. The van der Waals surface area contributed by atoms with Gasteiger partial charge in [0, 0.05) is 18.8 Å². The normalized spacial score (nSPS) is 15.1. The number of anilines is 2. The van der Waals surface area contributed by atoms with Crippen molar-refractivity contribution < 1.29 is 17.9 Å². The fraction of sp³-hybridized carbons (Fsp3) is 0.480. The predicted molar refractivity (Wildman–Crippen MR) is 142 cm³/mol. The SMILES string of the molecule is COc1ccc(-c2sc(NC(C)(C)C3CCOCC3)nc2C)cc1S(=O)(=O)Nc1c(C)ncnc1C. The predicted octanol–water partition coefficient (Wildman–Crippen LogP) is 4.95. The van der Waals surface area contributed by atoms with E-state index in [1.165, 1.54) is 24.8 Å². The fourth-order valence-electron chi connectivity index (χ4n) is 4.47. The molecule has 3 heterocycles. The summed E-state index contributed by atoms with van der Waals surface area (Å²) in [5.74, 6) is 0.733. The highest BCUT2D eigenvalue weighted by Gasteiger charge is 2.32. The van der Waals surface area contributed by atoms with Crippen LogP contribution in [0, 0.1) is 26.7 Å². The van der Waals surface area contributed by atoms with E-state index in [1.807, 2.05) is 13.0 Å². The third-order valence-corrected chi connectivity index (χ3v) is 9.14. The molecule has 3 aromatic rings. The number of hydrogen-bond acceptors (Lipinski definition) is 9. The quantitative estimate of drug-likeness (QED) is 0.419. The zero-order valence-electron chi connectivity index (χ0n) is 21.5. The van der Waals surface area contributed by atoms with Crippen LogP contribution < -0.4 is 14.8 Å². The van der Waals surface area contributed by atoms with Crippen molar-refractivity contribution in [1.29, 1.82) is 0 Å². The van der Waals surface area contributed by atoms with Crippen molar-refractivity contribution in [1.82, 2.24) is 15.0 Å². The zero-order valence-corrected chi connectivity index (χ0v) is 23.1. The molecule has 2 N–H and O–H groups in total. The second-order valence-electron chi connectivity index (χ2n) is 9.56. The van der Waals surface area contributed by atoms with Crippen LogP contribution in [0.4, 0.5) is 10.8 Å². The third kappa shape index (κ3) is 5.47. The van der Waals surface area contributed by atoms with Gasteiger partial charge >= 0.3 is 0 Å². The number of aromatic nitrogens is 3. The molecule has 11 heteroatoms.